The molecule has 2 amide bonds. The van der Waals surface area contributed by atoms with Gasteiger partial charge >= 0.3 is 0 Å². The van der Waals surface area contributed by atoms with E-state index in [0.29, 0.717) is 28.5 Å². The van der Waals surface area contributed by atoms with Gasteiger partial charge in [0.25, 0.3) is 11.1 Å². The Morgan fingerprint density at radius 1 is 1.26 bits per heavy atom. The number of imide groups is 1. The predicted octanol–water partition coefficient (Wildman–Crippen LogP) is 0.968. The van der Waals surface area contributed by atoms with Crippen LogP contribution in [0.5, 0.6) is 0 Å². The maximum Gasteiger partial charge on any atom is 0.290 e. The first-order valence-corrected chi connectivity index (χ1v) is 10.3. The van der Waals surface area contributed by atoms with Crippen LogP contribution in [0.3, 0.4) is 0 Å². The normalized spacial score (nSPS) is 25.0. The number of nitrogens with one attached hydrogen (secondary N) is 3. The summed E-state index contributed by atoms with van der Waals surface area (Å²) in [6.07, 6.45) is 6.86. The van der Waals surface area contributed by atoms with Crippen LogP contribution in [-0.4, -0.2) is 59.9 Å². The number of carbonyl (C=O) groups is 2. The van der Waals surface area contributed by atoms with Crippen molar-refractivity contribution in [1.29, 1.82) is 0 Å². The molecule has 0 aliphatic carbocycles. The van der Waals surface area contributed by atoms with Gasteiger partial charge in [-0.3, -0.25) is 14.9 Å². The molecule has 1 aromatic rings. The van der Waals surface area contributed by atoms with Gasteiger partial charge in [-0.25, -0.2) is 9.97 Å². The molecule has 0 bridgehead atoms. The van der Waals surface area contributed by atoms with Crippen LogP contribution in [0.1, 0.15) is 25.0 Å². The molecular weight excluding hydrogens is 364 g/mol. The monoisotopic (exact) mass is 388 g/mol. The maximum absolute atomic E-state index is 11.7. The summed E-state index contributed by atoms with van der Waals surface area (Å²) in [7, 11) is 0. The van der Waals surface area contributed by atoms with E-state index < -0.39 is 0 Å². The number of amides is 2. The van der Waals surface area contributed by atoms with E-state index in [-0.39, 0.29) is 11.1 Å². The van der Waals surface area contributed by atoms with Gasteiger partial charge in [0.05, 0.1) is 10.6 Å². The average molecular weight is 388 g/mol. The second-order valence-corrected chi connectivity index (χ2v) is 8.18. The molecular formula is C18H24N6O2S. The minimum atomic E-state index is -0.365. The lowest BCUT2D eigenvalue weighted by molar-refractivity contribution is -0.115. The first-order valence-electron chi connectivity index (χ1n) is 9.44. The summed E-state index contributed by atoms with van der Waals surface area (Å²) in [4.78, 5) is 34.5. The Hall–Kier alpha value is -1.97. The van der Waals surface area contributed by atoms with Gasteiger partial charge in [0.15, 0.2) is 0 Å². The summed E-state index contributed by atoms with van der Waals surface area (Å²) in [6, 6.07) is 2.41. The van der Waals surface area contributed by atoms with E-state index in [4.69, 9.17) is 0 Å². The van der Waals surface area contributed by atoms with Gasteiger partial charge in [0.2, 0.25) is 5.95 Å². The van der Waals surface area contributed by atoms with E-state index >= 15 is 0 Å². The van der Waals surface area contributed by atoms with Crippen molar-refractivity contribution in [3.05, 3.63) is 22.9 Å². The van der Waals surface area contributed by atoms with Gasteiger partial charge in [-0.15, -0.1) is 0 Å². The molecule has 1 unspecified atom stereocenters. The standard InChI is InChI=1S/C18H24N6O2S/c25-16-15(27-18(26)23-16)9-13-1-6-21-17(22-13)24-7-3-12(4-8-24)10-19-11-14-2-5-20-14/h1,6,9,12,14,19-20H,2-5,7-8,10-11H2,(H,23,25,26)/b15-9-. The molecule has 3 N–H and O–H groups in total. The van der Waals surface area contributed by atoms with E-state index in [1.165, 1.54) is 6.42 Å². The van der Waals surface area contributed by atoms with Crippen LogP contribution in [0, 0.1) is 5.92 Å². The third-order valence-electron chi connectivity index (χ3n) is 5.23. The van der Waals surface area contributed by atoms with Crippen molar-refractivity contribution in [2.45, 2.75) is 25.3 Å². The van der Waals surface area contributed by atoms with Crippen molar-refractivity contribution in [1.82, 2.24) is 25.9 Å². The highest BCUT2D eigenvalue weighted by Crippen LogP contribution is 2.26. The fourth-order valence-corrected chi connectivity index (χ4v) is 4.14. The molecule has 27 heavy (non-hydrogen) atoms. The highest BCUT2D eigenvalue weighted by molar-refractivity contribution is 8.18. The van der Waals surface area contributed by atoms with Gasteiger partial charge < -0.3 is 15.5 Å². The summed E-state index contributed by atoms with van der Waals surface area (Å²) in [5.41, 5.74) is 0.643. The van der Waals surface area contributed by atoms with Crippen LogP contribution in [-0.2, 0) is 4.79 Å². The number of rotatable bonds is 6. The molecule has 3 saturated heterocycles. The number of anilines is 1. The van der Waals surface area contributed by atoms with Crippen LogP contribution in [0.25, 0.3) is 6.08 Å². The topological polar surface area (TPSA) is 99.2 Å². The molecule has 0 aromatic carbocycles. The first kappa shape index (κ1) is 18.4. The lowest BCUT2D eigenvalue weighted by Gasteiger charge is -2.33. The zero-order chi connectivity index (χ0) is 18.6. The fourth-order valence-electron chi connectivity index (χ4n) is 3.47. The van der Waals surface area contributed by atoms with Gasteiger partial charge in [-0.2, -0.15) is 0 Å². The molecule has 3 aliphatic heterocycles. The third kappa shape index (κ3) is 4.66. The van der Waals surface area contributed by atoms with Gasteiger partial charge in [-0.1, -0.05) is 0 Å². The molecule has 1 atom stereocenters. The minimum Gasteiger partial charge on any atom is -0.341 e. The molecule has 0 spiro atoms. The molecule has 0 saturated carbocycles. The molecule has 3 aliphatic rings. The van der Waals surface area contributed by atoms with E-state index in [0.717, 1.165) is 57.3 Å². The summed E-state index contributed by atoms with van der Waals surface area (Å²) in [5.74, 6) is 1.01. The largest absolute Gasteiger partial charge is 0.341 e. The SMILES string of the molecule is O=C1NC(=O)/C(=C/c2ccnc(N3CCC(CNCC4CCN4)CC3)n2)S1. The van der Waals surface area contributed by atoms with Crippen LogP contribution in [0.4, 0.5) is 10.7 Å². The quantitative estimate of drug-likeness (QED) is 0.620. The van der Waals surface area contributed by atoms with E-state index in [2.05, 4.69) is 30.8 Å². The van der Waals surface area contributed by atoms with Gasteiger partial charge in [-0.05, 0) is 62.2 Å². The number of nitrogens with zero attached hydrogens (tertiary/aromatic N) is 3. The van der Waals surface area contributed by atoms with Crippen LogP contribution in [0.2, 0.25) is 0 Å². The van der Waals surface area contributed by atoms with Gasteiger partial charge in [0.1, 0.15) is 0 Å². The van der Waals surface area contributed by atoms with E-state index in [1.54, 1.807) is 18.3 Å². The van der Waals surface area contributed by atoms with Crippen molar-refractivity contribution >= 4 is 34.9 Å². The number of aromatic nitrogens is 2. The number of carbonyl (C=O) groups excluding carboxylic acids is 2. The molecule has 0 radical (unpaired) electrons. The van der Waals surface area contributed by atoms with Gasteiger partial charge in [0, 0.05) is 31.9 Å². The van der Waals surface area contributed by atoms with Crippen LogP contribution >= 0.6 is 11.8 Å². The van der Waals surface area contributed by atoms with Crippen molar-refractivity contribution in [2.75, 3.05) is 37.6 Å². The van der Waals surface area contributed by atoms with Crippen LogP contribution < -0.4 is 20.9 Å². The Morgan fingerprint density at radius 3 is 2.74 bits per heavy atom. The first-order chi connectivity index (χ1) is 13.2. The Labute approximate surface area is 162 Å². The number of hydrogen-bond donors (Lipinski definition) is 3. The Kier molecular flexibility index (Phi) is 5.70. The van der Waals surface area contributed by atoms with Crippen molar-refractivity contribution < 1.29 is 9.59 Å². The number of hydrogen-bond acceptors (Lipinski definition) is 8. The summed E-state index contributed by atoms with van der Waals surface area (Å²) in [6.45, 7) is 5.15. The maximum atomic E-state index is 11.7. The second kappa shape index (κ2) is 8.37. The Morgan fingerprint density at radius 2 is 2.07 bits per heavy atom. The molecule has 8 nitrogen and oxygen atoms in total. The molecule has 1 aromatic heterocycles. The zero-order valence-corrected chi connectivity index (χ0v) is 15.9. The summed E-state index contributed by atoms with van der Waals surface area (Å²) < 4.78 is 0. The van der Waals surface area contributed by atoms with E-state index in [1.807, 2.05) is 0 Å². The van der Waals surface area contributed by atoms with Crippen molar-refractivity contribution in [3.63, 3.8) is 0 Å². The van der Waals surface area contributed by atoms with Crippen molar-refractivity contribution in [3.8, 4) is 0 Å². The predicted molar refractivity (Wildman–Crippen MR) is 105 cm³/mol. The smallest absolute Gasteiger partial charge is 0.290 e. The highest BCUT2D eigenvalue weighted by atomic mass is 32.2. The van der Waals surface area contributed by atoms with Crippen LogP contribution in [0.15, 0.2) is 17.2 Å². The Balaban J connectivity index is 1.30. The third-order valence-corrected chi connectivity index (χ3v) is 6.04. The minimum absolute atomic E-state index is 0.343. The molecule has 9 heteroatoms. The summed E-state index contributed by atoms with van der Waals surface area (Å²) in [5, 5.41) is 8.90. The lowest BCUT2D eigenvalue weighted by atomic mass is 9.96. The highest BCUT2D eigenvalue weighted by Gasteiger charge is 2.26. The average Bonchev–Trinajstić information content (AvgIpc) is 2.95. The summed E-state index contributed by atoms with van der Waals surface area (Å²) >= 11 is 0.902. The fraction of sp³-hybridized carbons (Fsp3) is 0.556. The number of piperidine rings is 1. The number of thioether (sulfide) groups is 1. The zero-order valence-electron chi connectivity index (χ0n) is 15.1. The molecule has 4 rings (SSSR count). The second-order valence-electron chi connectivity index (χ2n) is 7.16. The van der Waals surface area contributed by atoms with Crippen molar-refractivity contribution in [2.24, 2.45) is 5.92 Å². The molecule has 144 valence electrons. The van der Waals surface area contributed by atoms with E-state index in [9.17, 15) is 9.59 Å². The Bertz CT molecular complexity index is 743. The molecule has 4 heterocycles. The lowest BCUT2D eigenvalue weighted by Crippen LogP contribution is -2.50. The molecule has 3 fully saturated rings.